The number of esters is 3. The molecule has 42 heavy (non-hydrogen) atoms. The Morgan fingerprint density at radius 2 is 1.81 bits per heavy atom. The molecule has 0 radical (unpaired) electrons. The lowest BCUT2D eigenvalue weighted by Gasteiger charge is -2.60. The maximum atomic E-state index is 12.9. The molecule has 3 rings (SSSR count). The average Bonchev–Trinajstić information content (AvgIpc) is 3.21. The standard InChI is InChI=1S/C34H48O8/c1-8-10-11-12-13-14-15-16-30(38)41-26-20-27-31(39-24(5)35)42-32(40-25(6)36)34(27)28(21-26)33(7,18-17-22(3)9-2)23(4)19-29(34)37/h9,13-17,20,23,26,28-29,31-32,37H,2,8,10-12,18-19,21H2,1,3-7H3/b14-13+,16-15-,22-17+/t23-,26+,28+,29+,31+,32-,33-,34-/m1/s1. The van der Waals surface area contributed by atoms with E-state index < -0.39 is 53.5 Å². The minimum atomic E-state index is -1.20. The summed E-state index contributed by atoms with van der Waals surface area (Å²) >= 11 is 0. The van der Waals surface area contributed by atoms with Crippen LogP contribution in [0, 0.1) is 22.7 Å². The fourth-order valence-electron chi connectivity index (χ4n) is 6.88. The maximum Gasteiger partial charge on any atom is 0.331 e. The van der Waals surface area contributed by atoms with Crippen molar-refractivity contribution in [1.29, 1.82) is 0 Å². The van der Waals surface area contributed by atoms with E-state index in [2.05, 4.69) is 33.4 Å². The SMILES string of the molecule is C=C/C(C)=C/C[C@]1(C)[C@H](C)C[C@H](O)[C@@]23C(=C[C@H](OC(=O)/C=C\C=C\CCCCC)C[C@@H]12)[C@@H](OC(C)=O)O[C@H]3OC(C)=O. The number of unbranched alkanes of at least 4 members (excludes halogenated alkanes) is 3. The molecular weight excluding hydrogens is 536 g/mol. The molecule has 0 aromatic rings. The first kappa shape index (κ1) is 33.5. The molecule has 8 heteroatoms. The number of hydrogen-bond donors (Lipinski definition) is 1. The summed E-state index contributed by atoms with van der Waals surface area (Å²) in [6.45, 7) is 14.8. The van der Waals surface area contributed by atoms with E-state index in [4.69, 9.17) is 18.9 Å². The lowest BCUT2D eigenvalue weighted by atomic mass is 9.45. The number of aliphatic hydroxyl groups excluding tert-OH is 1. The van der Waals surface area contributed by atoms with Gasteiger partial charge in [-0.25, -0.2) is 4.79 Å². The van der Waals surface area contributed by atoms with Crippen LogP contribution < -0.4 is 0 Å². The van der Waals surface area contributed by atoms with Gasteiger partial charge in [-0.05, 0) is 62.4 Å². The molecule has 1 saturated carbocycles. The molecule has 1 N–H and O–H groups in total. The zero-order valence-electron chi connectivity index (χ0n) is 26.0. The monoisotopic (exact) mass is 584 g/mol. The summed E-state index contributed by atoms with van der Waals surface area (Å²) in [5.41, 5.74) is -0.142. The molecule has 2 aliphatic carbocycles. The molecule has 0 amide bonds. The van der Waals surface area contributed by atoms with Gasteiger partial charge in [0.2, 0.25) is 12.6 Å². The summed E-state index contributed by atoms with van der Waals surface area (Å²) in [6.07, 6.45) is 14.3. The average molecular weight is 585 g/mol. The highest BCUT2D eigenvalue weighted by atomic mass is 16.8. The van der Waals surface area contributed by atoms with Gasteiger partial charge in [0.1, 0.15) is 6.10 Å². The third-order valence-electron chi connectivity index (χ3n) is 9.30. The number of carbonyl (C=O) groups excluding carboxylic acids is 3. The van der Waals surface area contributed by atoms with Crippen molar-refractivity contribution in [3.8, 4) is 0 Å². The minimum Gasteiger partial charge on any atom is -0.455 e. The molecule has 3 aliphatic rings. The molecule has 0 unspecified atom stereocenters. The van der Waals surface area contributed by atoms with E-state index in [0.29, 0.717) is 24.8 Å². The third kappa shape index (κ3) is 7.14. The number of aliphatic hydroxyl groups is 1. The van der Waals surface area contributed by atoms with Gasteiger partial charge in [-0.3, -0.25) is 14.3 Å². The Kier molecular flexibility index (Phi) is 11.6. The Balaban J connectivity index is 2.05. The van der Waals surface area contributed by atoms with Gasteiger partial charge >= 0.3 is 17.9 Å². The Hall–Kier alpha value is -2.97. The van der Waals surface area contributed by atoms with Crippen LogP contribution in [0.15, 0.2) is 60.3 Å². The maximum absolute atomic E-state index is 12.9. The second kappa shape index (κ2) is 14.5. The van der Waals surface area contributed by atoms with E-state index in [1.165, 1.54) is 26.3 Å². The fraction of sp³-hybridized carbons (Fsp3) is 0.618. The Morgan fingerprint density at radius 3 is 2.45 bits per heavy atom. The van der Waals surface area contributed by atoms with Crippen molar-refractivity contribution in [2.24, 2.45) is 22.7 Å². The molecule has 1 heterocycles. The van der Waals surface area contributed by atoms with Gasteiger partial charge in [-0.15, -0.1) is 0 Å². The van der Waals surface area contributed by atoms with Crippen molar-refractivity contribution in [3.63, 3.8) is 0 Å². The quantitative estimate of drug-likeness (QED) is 0.0715. The highest BCUT2D eigenvalue weighted by molar-refractivity contribution is 5.82. The van der Waals surface area contributed by atoms with E-state index in [-0.39, 0.29) is 11.8 Å². The zero-order valence-corrected chi connectivity index (χ0v) is 26.0. The van der Waals surface area contributed by atoms with Gasteiger partial charge in [-0.1, -0.05) is 76.1 Å². The van der Waals surface area contributed by atoms with Crippen molar-refractivity contribution < 1.29 is 38.4 Å². The highest BCUT2D eigenvalue weighted by Crippen LogP contribution is 2.67. The van der Waals surface area contributed by atoms with Gasteiger partial charge in [0.15, 0.2) is 0 Å². The largest absolute Gasteiger partial charge is 0.455 e. The number of allylic oxidation sites excluding steroid dienone is 6. The molecule has 232 valence electrons. The van der Waals surface area contributed by atoms with Gasteiger partial charge < -0.3 is 19.3 Å². The molecule has 2 fully saturated rings. The van der Waals surface area contributed by atoms with Crippen LogP contribution in [-0.4, -0.2) is 47.8 Å². The molecule has 1 spiro atoms. The van der Waals surface area contributed by atoms with Crippen LogP contribution in [0.2, 0.25) is 0 Å². The van der Waals surface area contributed by atoms with Gasteiger partial charge in [-0.2, -0.15) is 0 Å². The normalized spacial score (nSPS) is 34.5. The van der Waals surface area contributed by atoms with Gasteiger partial charge in [0, 0.05) is 25.5 Å². The zero-order chi connectivity index (χ0) is 31.1. The number of carbonyl (C=O) groups is 3. The first-order valence-electron chi connectivity index (χ1n) is 15.1. The van der Waals surface area contributed by atoms with Gasteiger partial charge in [0.05, 0.1) is 11.5 Å². The number of ether oxygens (including phenoxy) is 4. The lowest BCUT2D eigenvalue weighted by Crippen LogP contribution is -2.63. The van der Waals surface area contributed by atoms with E-state index in [1.807, 2.05) is 19.1 Å². The topological polar surface area (TPSA) is 108 Å². The van der Waals surface area contributed by atoms with E-state index in [9.17, 15) is 19.5 Å². The summed E-state index contributed by atoms with van der Waals surface area (Å²) in [4.78, 5) is 37.2. The van der Waals surface area contributed by atoms with Crippen LogP contribution in [0.4, 0.5) is 0 Å². The molecule has 8 nitrogen and oxygen atoms in total. The summed E-state index contributed by atoms with van der Waals surface area (Å²) in [7, 11) is 0. The van der Waals surface area contributed by atoms with Crippen LogP contribution in [0.25, 0.3) is 0 Å². The van der Waals surface area contributed by atoms with Crippen molar-refractivity contribution in [2.75, 3.05) is 0 Å². The van der Waals surface area contributed by atoms with Crippen molar-refractivity contribution >= 4 is 17.9 Å². The van der Waals surface area contributed by atoms with Crippen LogP contribution in [0.3, 0.4) is 0 Å². The summed E-state index contributed by atoms with van der Waals surface area (Å²) in [5.74, 6) is -1.98. The fourth-order valence-corrected chi connectivity index (χ4v) is 6.88. The third-order valence-corrected chi connectivity index (χ3v) is 9.30. The summed E-state index contributed by atoms with van der Waals surface area (Å²) in [6, 6.07) is 0. The van der Waals surface area contributed by atoms with E-state index in [1.54, 1.807) is 18.2 Å². The van der Waals surface area contributed by atoms with Crippen molar-refractivity contribution in [3.05, 3.63) is 60.3 Å². The molecule has 0 aromatic heterocycles. The number of hydrogen-bond acceptors (Lipinski definition) is 8. The highest BCUT2D eigenvalue weighted by Gasteiger charge is 2.71. The predicted molar refractivity (Wildman–Crippen MR) is 160 cm³/mol. The minimum absolute atomic E-state index is 0.0520. The smallest absolute Gasteiger partial charge is 0.331 e. The van der Waals surface area contributed by atoms with E-state index >= 15 is 0 Å². The van der Waals surface area contributed by atoms with Crippen molar-refractivity contribution in [1.82, 2.24) is 0 Å². The Bertz CT molecular complexity index is 1130. The summed E-state index contributed by atoms with van der Waals surface area (Å²) in [5, 5.41) is 11.8. The van der Waals surface area contributed by atoms with Crippen LogP contribution >= 0.6 is 0 Å². The molecule has 0 aromatic carbocycles. The van der Waals surface area contributed by atoms with Crippen LogP contribution in [0.5, 0.6) is 0 Å². The van der Waals surface area contributed by atoms with Crippen molar-refractivity contribution in [2.45, 2.75) is 111 Å². The molecule has 1 saturated heterocycles. The number of rotatable bonds is 12. The first-order chi connectivity index (χ1) is 19.9. The van der Waals surface area contributed by atoms with Gasteiger partial charge in [0.25, 0.3) is 0 Å². The molecule has 8 atom stereocenters. The second-order valence-electron chi connectivity index (χ2n) is 12.1. The molecule has 0 bridgehead atoms. The van der Waals surface area contributed by atoms with Crippen LogP contribution in [0.1, 0.15) is 86.5 Å². The predicted octanol–water partition coefficient (Wildman–Crippen LogP) is 6.26. The first-order valence-corrected chi connectivity index (χ1v) is 15.1. The van der Waals surface area contributed by atoms with E-state index in [0.717, 1.165) is 24.8 Å². The molecular formula is C34H48O8. The molecule has 1 aliphatic heterocycles. The van der Waals surface area contributed by atoms with Crippen LogP contribution in [-0.2, 0) is 33.3 Å². The lowest BCUT2D eigenvalue weighted by molar-refractivity contribution is -0.253. The Morgan fingerprint density at radius 1 is 1.10 bits per heavy atom. The second-order valence-corrected chi connectivity index (χ2v) is 12.1. The Labute approximate surface area is 250 Å². The summed E-state index contributed by atoms with van der Waals surface area (Å²) < 4.78 is 23.3.